The lowest BCUT2D eigenvalue weighted by molar-refractivity contribution is 0.102. The molecular weight excluding hydrogens is 178 g/mol. The minimum absolute atomic E-state index is 0.428. The van der Waals surface area contributed by atoms with Gasteiger partial charge >= 0.3 is 0 Å². The first-order chi connectivity index (χ1) is 6.90. The molecule has 0 spiro atoms. The van der Waals surface area contributed by atoms with Crippen LogP contribution in [0.5, 0.6) is 5.75 Å². The van der Waals surface area contributed by atoms with Gasteiger partial charge in [-0.3, -0.25) is 0 Å². The van der Waals surface area contributed by atoms with Gasteiger partial charge in [0.25, 0.3) is 0 Å². The molecule has 0 fully saturated rings. The Morgan fingerprint density at radius 1 is 1.14 bits per heavy atom. The van der Waals surface area contributed by atoms with E-state index in [1.165, 1.54) is 30.4 Å². The SMILES string of the molecule is NOCCOc1ccc2c(c1)CCC2. The fourth-order valence-electron chi connectivity index (χ4n) is 1.85. The van der Waals surface area contributed by atoms with Crippen molar-refractivity contribution in [3.05, 3.63) is 29.3 Å². The van der Waals surface area contributed by atoms with Crippen LogP contribution in [0.25, 0.3) is 0 Å². The Kier molecular flexibility index (Phi) is 3.01. The molecule has 0 heterocycles. The maximum Gasteiger partial charge on any atom is 0.119 e. The smallest absolute Gasteiger partial charge is 0.119 e. The van der Waals surface area contributed by atoms with Crippen LogP contribution in [0.4, 0.5) is 0 Å². The Hall–Kier alpha value is -1.06. The number of benzene rings is 1. The van der Waals surface area contributed by atoms with Crippen molar-refractivity contribution in [2.45, 2.75) is 19.3 Å². The molecule has 0 aromatic heterocycles. The van der Waals surface area contributed by atoms with Gasteiger partial charge in [-0.1, -0.05) is 6.07 Å². The van der Waals surface area contributed by atoms with E-state index in [1.54, 1.807) is 0 Å². The molecule has 14 heavy (non-hydrogen) atoms. The van der Waals surface area contributed by atoms with E-state index < -0.39 is 0 Å². The van der Waals surface area contributed by atoms with Crippen LogP contribution in [0.2, 0.25) is 0 Å². The summed E-state index contributed by atoms with van der Waals surface area (Å²) in [6.07, 6.45) is 3.66. The number of hydrogen-bond donors (Lipinski definition) is 1. The molecule has 0 saturated heterocycles. The topological polar surface area (TPSA) is 44.5 Å². The molecule has 3 heteroatoms. The largest absolute Gasteiger partial charge is 0.491 e. The van der Waals surface area contributed by atoms with Crippen molar-refractivity contribution in [3.63, 3.8) is 0 Å². The van der Waals surface area contributed by atoms with Crippen molar-refractivity contribution in [2.24, 2.45) is 5.90 Å². The van der Waals surface area contributed by atoms with E-state index in [9.17, 15) is 0 Å². The molecule has 0 saturated carbocycles. The maximum atomic E-state index is 5.47. The second kappa shape index (κ2) is 4.44. The zero-order valence-corrected chi connectivity index (χ0v) is 8.16. The standard InChI is InChI=1S/C11H15NO2/c12-14-7-6-13-11-5-4-9-2-1-3-10(9)8-11/h4-5,8H,1-3,6-7,12H2. The lowest BCUT2D eigenvalue weighted by Gasteiger charge is -2.06. The van der Waals surface area contributed by atoms with E-state index in [1.807, 2.05) is 6.07 Å². The summed E-state index contributed by atoms with van der Waals surface area (Å²) in [5.41, 5.74) is 2.89. The lowest BCUT2D eigenvalue weighted by Crippen LogP contribution is -2.10. The van der Waals surface area contributed by atoms with E-state index >= 15 is 0 Å². The molecule has 1 aromatic carbocycles. The quantitative estimate of drug-likeness (QED) is 0.581. The molecule has 2 N–H and O–H groups in total. The lowest BCUT2D eigenvalue weighted by atomic mass is 10.1. The first-order valence-electron chi connectivity index (χ1n) is 4.96. The van der Waals surface area contributed by atoms with E-state index in [0.29, 0.717) is 13.2 Å². The van der Waals surface area contributed by atoms with Crippen LogP contribution in [-0.4, -0.2) is 13.2 Å². The van der Waals surface area contributed by atoms with Crippen LogP contribution in [0, 0.1) is 0 Å². The van der Waals surface area contributed by atoms with Gasteiger partial charge in [-0.15, -0.1) is 0 Å². The van der Waals surface area contributed by atoms with E-state index in [-0.39, 0.29) is 0 Å². The number of rotatable bonds is 4. The van der Waals surface area contributed by atoms with Crippen LogP contribution < -0.4 is 10.6 Å². The van der Waals surface area contributed by atoms with Crippen LogP contribution in [0.3, 0.4) is 0 Å². The zero-order chi connectivity index (χ0) is 9.80. The summed E-state index contributed by atoms with van der Waals surface area (Å²) < 4.78 is 5.47. The molecule has 0 amide bonds. The minimum atomic E-state index is 0.428. The van der Waals surface area contributed by atoms with Crippen molar-refractivity contribution in [1.82, 2.24) is 0 Å². The number of ether oxygens (including phenoxy) is 1. The highest BCUT2D eigenvalue weighted by atomic mass is 16.6. The van der Waals surface area contributed by atoms with Crippen molar-refractivity contribution in [3.8, 4) is 5.75 Å². The second-order valence-corrected chi connectivity index (χ2v) is 3.50. The van der Waals surface area contributed by atoms with Gasteiger partial charge in [0.2, 0.25) is 0 Å². The van der Waals surface area contributed by atoms with Gasteiger partial charge < -0.3 is 9.57 Å². The molecule has 0 atom stereocenters. The molecule has 1 aliphatic carbocycles. The first-order valence-corrected chi connectivity index (χ1v) is 4.96. The van der Waals surface area contributed by atoms with Gasteiger partial charge in [0.1, 0.15) is 19.0 Å². The number of hydrogen-bond acceptors (Lipinski definition) is 3. The van der Waals surface area contributed by atoms with E-state index in [2.05, 4.69) is 17.0 Å². The summed E-state index contributed by atoms with van der Waals surface area (Å²) in [6.45, 7) is 0.937. The highest BCUT2D eigenvalue weighted by Gasteiger charge is 2.10. The molecular formula is C11H15NO2. The Labute approximate surface area is 83.8 Å². The Balaban J connectivity index is 1.98. The summed E-state index contributed by atoms with van der Waals surface area (Å²) in [5.74, 6) is 5.82. The third-order valence-corrected chi connectivity index (χ3v) is 2.54. The van der Waals surface area contributed by atoms with Crippen LogP contribution in [-0.2, 0) is 17.7 Å². The normalized spacial score (nSPS) is 14.1. The van der Waals surface area contributed by atoms with Crippen molar-refractivity contribution in [1.29, 1.82) is 0 Å². The predicted molar refractivity (Wildman–Crippen MR) is 54.1 cm³/mol. The Morgan fingerprint density at radius 2 is 2.00 bits per heavy atom. The summed E-state index contributed by atoms with van der Waals surface area (Å²) in [6, 6.07) is 6.29. The molecule has 1 aromatic rings. The van der Waals surface area contributed by atoms with Gasteiger partial charge in [-0.2, -0.15) is 0 Å². The summed E-state index contributed by atoms with van der Waals surface area (Å²) in [4.78, 5) is 4.43. The summed E-state index contributed by atoms with van der Waals surface area (Å²) in [7, 11) is 0. The molecule has 0 unspecified atom stereocenters. The summed E-state index contributed by atoms with van der Waals surface area (Å²) in [5, 5.41) is 0. The average Bonchev–Trinajstić information content (AvgIpc) is 2.65. The fraction of sp³-hybridized carbons (Fsp3) is 0.455. The van der Waals surface area contributed by atoms with Gasteiger partial charge in [0, 0.05) is 0 Å². The number of fused-ring (bicyclic) bond motifs is 1. The van der Waals surface area contributed by atoms with Gasteiger partial charge in [-0.25, -0.2) is 5.90 Å². The van der Waals surface area contributed by atoms with Gasteiger partial charge in [0.15, 0.2) is 0 Å². The van der Waals surface area contributed by atoms with Crippen molar-refractivity contribution in [2.75, 3.05) is 13.2 Å². The van der Waals surface area contributed by atoms with E-state index in [4.69, 9.17) is 10.6 Å². The minimum Gasteiger partial charge on any atom is -0.491 e. The first kappa shape index (κ1) is 9.49. The molecule has 0 aliphatic heterocycles. The average molecular weight is 193 g/mol. The molecule has 1 aliphatic rings. The monoisotopic (exact) mass is 193 g/mol. The van der Waals surface area contributed by atoms with Crippen LogP contribution in [0.1, 0.15) is 17.5 Å². The molecule has 0 bridgehead atoms. The molecule has 76 valence electrons. The molecule has 2 rings (SSSR count). The molecule has 0 radical (unpaired) electrons. The maximum absolute atomic E-state index is 5.47. The fourth-order valence-corrected chi connectivity index (χ4v) is 1.85. The summed E-state index contributed by atoms with van der Waals surface area (Å²) >= 11 is 0. The number of nitrogens with two attached hydrogens (primary N) is 1. The van der Waals surface area contributed by atoms with Crippen molar-refractivity contribution >= 4 is 0 Å². The van der Waals surface area contributed by atoms with Crippen molar-refractivity contribution < 1.29 is 9.57 Å². The number of aryl methyl sites for hydroxylation is 2. The second-order valence-electron chi connectivity index (χ2n) is 3.50. The Bertz CT molecular complexity index is 312. The predicted octanol–water partition coefficient (Wildman–Crippen LogP) is 1.44. The zero-order valence-electron chi connectivity index (χ0n) is 8.16. The van der Waals surface area contributed by atoms with Crippen LogP contribution >= 0.6 is 0 Å². The third-order valence-electron chi connectivity index (χ3n) is 2.54. The third kappa shape index (κ3) is 2.05. The highest BCUT2D eigenvalue weighted by molar-refractivity contribution is 5.38. The van der Waals surface area contributed by atoms with Crippen LogP contribution in [0.15, 0.2) is 18.2 Å². The highest BCUT2D eigenvalue weighted by Crippen LogP contribution is 2.25. The Morgan fingerprint density at radius 3 is 2.86 bits per heavy atom. The van der Waals surface area contributed by atoms with Gasteiger partial charge in [-0.05, 0) is 42.5 Å². The molecule has 3 nitrogen and oxygen atoms in total. The van der Waals surface area contributed by atoms with Gasteiger partial charge in [0.05, 0.1) is 0 Å². The van der Waals surface area contributed by atoms with E-state index in [0.717, 1.165) is 5.75 Å².